The lowest BCUT2D eigenvalue weighted by atomic mass is 10.1. The van der Waals surface area contributed by atoms with Gasteiger partial charge in [-0.2, -0.15) is 0 Å². The van der Waals surface area contributed by atoms with Gasteiger partial charge in [-0.05, 0) is 32.9 Å². The molecule has 0 spiro atoms. The minimum Gasteiger partial charge on any atom is -0.465 e. The Labute approximate surface area is 112 Å². The first-order valence-electron chi connectivity index (χ1n) is 6.98. The van der Waals surface area contributed by atoms with Gasteiger partial charge in [-0.3, -0.25) is 4.79 Å². The van der Waals surface area contributed by atoms with Crippen molar-refractivity contribution in [3.05, 3.63) is 0 Å². The Kier molecular flexibility index (Phi) is 9.02. The molecule has 4 nitrogen and oxygen atoms in total. The van der Waals surface area contributed by atoms with Gasteiger partial charge in [-0.25, -0.2) is 0 Å². The van der Waals surface area contributed by atoms with E-state index in [2.05, 4.69) is 31.1 Å². The van der Waals surface area contributed by atoms with E-state index in [4.69, 9.17) is 4.74 Å². The lowest BCUT2D eigenvalue weighted by Crippen LogP contribution is -2.48. The van der Waals surface area contributed by atoms with E-state index < -0.39 is 0 Å². The zero-order chi connectivity index (χ0) is 14.1. The average Bonchev–Trinajstić information content (AvgIpc) is 2.25. The van der Waals surface area contributed by atoms with Gasteiger partial charge in [0.1, 0.15) is 6.04 Å². The van der Waals surface area contributed by atoms with Crippen molar-refractivity contribution in [2.24, 2.45) is 5.92 Å². The summed E-state index contributed by atoms with van der Waals surface area (Å²) in [6.45, 7) is 12.5. The Morgan fingerprint density at radius 2 is 1.89 bits per heavy atom. The number of carbonyl (C=O) groups is 1. The van der Waals surface area contributed by atoms with Gasteiger partial charge < -0.3 is 15.0 Å². The zero-order valence-electron chi connectivity index (χ0n) is 12.8. The molecule has 0 heterocycles. The van der Waals surface area contributed by atoms with E-state index in [9.17, 15) is 4.79 Å². The highest BCUT2D eigenvalue weighted by Gasteiger charge is 2.21. The number of nitrogens with zero attached hydrogens (tertiary/aromatic N) is 1. The molecule has 18 heavy (non-hydrogen) atoms. The van der Waals surface area contributed by atoms with Crippen molar-refractivity contribution in [3.63, 3.8) is 0 Å². The molecule has 4 heteroatoms. The molecule has 0 fully saturated rings. The third kappa shape index (κ3) is 8.48. The molecule has 108 valence electrons. The monoisotopic (exact) mass is 258 g/mol. The fourth-order valence-electron chi connectivity index (χ4n) is 1.72. The second kappa shape index (κ2) is 9.34. The SMILES string of the molecule is CCOC(=O)C(CN(C)CCC(C)C)NC(C)C. The fourth-order valence-corrected chi connectivity index (χ4v) is 1.72. The predicted octanol–water partition coefficient (Wildman–Crippen LogP) is 1.89. The van der Waals surface area contributed by atoms with Gasteiger partial charge in [0.05, 0.1) is 6.61 Å². The normalized spacial score (nSPS) is 13.4. The summed E-state index contributed by atoms with van der Waals surface area (Å²) in [5.74, 6) is 0.536. The second-order valence-corrected chi connectivity index (χ2v) is 5.57. The molecule has 1 atom stereocenters. The Balaban J connectivity index is 4.25. The average molecular weight is 258 g/mol. The van der Waals surface area contributed by atoms with Crippen molar-refractivity contribution in [3.8, 4) is 0 Å². The minimum absolute atomic E-state index is 0.150. The zero-order valence-corrected chi connectivity index (χ0v) is 12.8. The molecule has 0 aliphatic carbocycles. The summed E-state index contributed by atoms with van der Waals surface area (Å²) in [5.41, 5.74) is 0. The van der Waals surface area contributed by atoms with Gasteiger partial charge in [0.25, 0.3) is 0 Å². The topological polar surface area (TPSA) is 41.6 Å². The molecule has 0 aromatic carbocycles. The van der Waals surface area contributed by atoms with Crippen LogP contribution in [-0.2, 0) is 9.53 Å². The van der Waals surface area contributed by atoms with Crippen LogP contribution in [0.3, 0.4) is 0 Å². The third-order valence-corrected chi connectivity index (χ3v) is 2.69. The van der Waals surface area contributed by atoms with E-state index in [1.54, 1.807) is 0 Å². The van der Waals surface area contributed by atoms with Gasteiger partial charge in [0.2, 0.25) is 0 Å². The second-order valence-electron chi connectivity index (χ2n) is 5.57. The summed E-state index contributed by atoms with van der Waals surface area (Å²) in [6.07, 6.45) is 1.15. The number of rotatable bonds is 9. The van der Waals surface area contributed by atoms with Crippen LogP contribution >= 0.6 is 0 Å². The van der Waals surface area contributed by atoms with Gasteiger partial charge >= 0.3 is 5.97 Å². The first-order valence-corrected chi connectivity index (χ1v) is 6.98. The van der Waals surface area contributed by atoms with Crippen LogP contribution in [0.1, 0.15) is 41.0 Å². The lowest BCUT2D eigenvalue weighted by molar-refractivity contribution is -0.146. The quantitative estimate of drug-likeness (QED) is 0.641. The molecule has 0 bridgehead atoms. The summed E-state index contributed by atoms with van der Waals surface area (Å²) in [6, 6.07) is 0.0417. The van der Waals surface area contributed by atoms with Crippen molar-refractivity contribution < 1.29 is 9.53 Å². The van der Waals surface area contributed by atoms with Gasteiger partial charge in [0, 0.05) is 12.6 Å². The number of nitrogens with one attached hydrogen (secondary N) is 1. The molecule has 0 aromatic heterocycles. The van der Waals surface area contributed by atoms with Crippen molar-refractivity contribution in [2.45, 2.75) is 53.1 Å². The van der Waals surface area contributed by atoms with Crippen LogP contribution in [0.5, 0.6) is 0 Å². The van der Waals surface area contributed by atoms with Crippen molar-refractivity contribution in [1.82, 2.24) is 10.2 Å². The molecule has 1 unspecified atom stereocenters. The Hall–Kier alpha value is -0.610. The predicted molar refractivity (Wildman–Crippen MR) is 75.6 cm³/mol. The van der Waals surface area contributed by atoms with Gasteiger partial charge in [0.15, 0.2) is 0 Å². The highest BCUT2D eigenvalue weighted by Crippen LogP contribution is 2.02. The lowest BCUT2D eigenvalue weighted by Gasteiger charge is -2.25. The van der Waals surface area contributed by atoms with Crippen LogP contribution in [-0.4, -0.2) is 49.7 Å². The summed E-state index contributed by atoms with van der Waals surface area (Å²) in [5, 5.41) is 3.27. The summed E-state index contributed by atoms with van der Waals surface area (Å²) in [7, 11) is 2.05. The van der Waals surface area contributed by atoms with Crippen LogP contribution in [0.15, 0.2) is 0 Å². The molecule has 1 N–H and O–H groups in total. The molecule has 0 aromatic rings. The van der Waals surface area contributed by atoms with Gasteiger partial charge in [-0.1, -0.05) is 27.7 Å². The molecule has 0 saturated heterocycles. The Morgan fingerprint density at radius 3 is 2.33 bits per heavy atom. The summed E-state index contributed by atoms with van der Waals surface area (Å²) < 4.78 is 5.10. The third-order valence-electron chi connectivity index (χ3n) is 2.69. The largest absolute Gasteiger partial charge is 0.465 e. The van der Waals surface area contributed by atoms with Gasteiger partial charge in [-0.15, -0.1) is 0 Å². The van der Waals surface area contributed by atoms with Crippen LogP contribution in [0, 0.1) is 5.92 Å². The fraction of sp³-hybridized carbons (Fsp3) is 0.929. The van der Waals surface area contributed by atoms with Crippen LogP contribution < -0.4 is 5.32 Å². The number of carbonyl (C=O) groups excluding carboxylic acids is 1. The van der Waals surface area contributed by atoms with Crippen molar-refractivity contribution >= 4 is 5.97 Å². The maximum absolute atomic E-state index is 11.8. The first-order chi connectivity index (χ1) is 8.36. The number of likely N-dealkylation sites (N-methyl/N-ethyl adjacent to an activating group) is 1. The van der Waals surface area contributed by atoms with Crippen molar-refractivity contribution in [1.29, 1.82) is 0 Å². The molecule has 0 rings (SSSR count). The van der Waals surface area contributed by atoms with Crippen LogP contribution in [0.2, 0.25) is 0 Å². The Morgan fingerprint density at radius 1 is 1.28 bits per heavy atom. The Bertz CT molecular complexity index is 230. The van der Waals surface area contributed by atoms with E-state index >= 15 is 0 Å². The standard InChI is InChI=1S/C14H30N2O2/c1-7-18-14(17)13(15-12(4)5)10-16(6)9-8-11(2)3/h11-13,15H,7-10H2,1-6H3. The molecule has 0 saturated carbocycles. The van der Waals surface area contributed by atoms with E-state index in [-0.39, 0.29) is 18.1 Å². The maximum Gasteiger partial charge on any atom is 0.324 e. The molecular formula is C14H30N2O2. The number of hydrogen-bond donors (Lipinski definition) is 1. The van der Waals surface area contributed by atoms with Crippen molar-refractivity contribution in [2.75, 3.05) is 26.7 Å². The first kappa shape index (κ1) is 17.4. The molecule has 0 amide bonds. The van der Waals surface area contributed by atoms with E-state index in [1.807, 2.05) is 20.8 Å². The van der Waals surface area contributed by atoms with E-state index in [0.29, 0.717) is 19.1 Å². The molecule has 0 aliphatic rings. The minimum atomic E-state index is -0.234. The number of ether oxygens (including phenoxy) is 1. The van der Waals surface area contributed by atoms with E-state index in [0.717, 1.165) is 13.0 Å². The van der Waals surface area contributed by atoms with Crippen LogP contribution in [0.25, 0.3) is 0 Å². The highest BCUT2D eigenvalue weighted by molar-refractivity contribution is 5.76. The summed E-state index contributed by atoms with van der Waals surface area (Å²) >= 11 is 0. The number of esters is 1. The highest BCUT2D eigenvalue weighted by atomic mass is 16.5. The molecule has 0 radical (unpaired) electrons. The smallest absolute Gasteiger partial charge is 0.324 e. The van der Waals surface area contributed by atoms with E-state index in [1.165, 1.54) is 0 Å². The molecule has 0 aliphatic heterocycles. The summed E-state index contributed by atoms with van der Waals surface area (Å²) in [4.78, 5) is 14.0. The maximum atomic E-state index is 11.8. The number of hydrogen-bond acceptors (Lipinski definition) is 4. The molecular weight excluding hydrogens is 228 g/mol. The van der Waals surface area contributed by atoms with Crippen LogP contribution in [0.4, 0.5) is 0 Å².